The number of benzene rings is 2. The summed E-state index contributed by atoms with van der Waals surface area (Å²) in [4.78, 5) is 11.9. The van der Waals surface area contributed by atoms with E-state index in [4.69, 9.17) is 16.9 Å². The van der Waals surface area contributed by atoms with Crippen LogP contribution in [0.15, 0.2) is 42.5 Å². The molecule has 0 bridgehead atoms. The predicted molar refractivity (Wildman–Crippen MR) is 70.5 cm³/mol. The molecule has 0 heterocycles. The molecule has 1 amide bonds. The third kappa shape index (κ3) is 2.90. The van der Waals surface area contributed by atoms with Crippen molar-refractivity contribution in [2.45, 2.75) is 0 Å². The molecule has 5 heteroatoms. The zero-order valence-electron chi connectivity index (χ0n) is 9.65. The Hall–Kier alpha value is -2.38. The van der Waals surface area contributed by atoms with Gasteiger partial charge in [0, 0.05) is 5.69 Å². The number of nitrogens with one attached hydrogen (secondary N) is 1. The molecule has 1 N–H and O–H groups in total. The second kappa shape index (κ2) is 5.51. The molecule has 94 valence electrons. The van der Waals surface area contributed by atoms with E-state index in [0.717, 1.165) is 0 Å². The zero-order chi connectivity index (χ0) is 13.8. The number of nitriles is 1. The van der Waals surface area contributed by atoms with E-state index >= 15 is 0 Å². The SMILES string of the molecule is N#Cc1ccc(NC(=O)c2cccc(Cl)c2F)cc1. The lowest BCUT2D eigenvalue weighted by Gasteiger charge is -2.06. The van der Waals surface area contributed by atoms with Gasteiger partial charge in [0.25, 0.3) is 5.91 Å². The number of amides is 1. The largest absolute Gasteiger partial charge is 0.322 e. The van der Waals surface area contributed by atoms with Crippen LogP contribution in [0.4, 0.5) is 10.1 Å². The van der Waals surface area contributed by atoms with Gasteiger partial charge in [0.1, 0.15) is 0 Å². The van der Waals surface area contributed by atoms with E-state index in [1.54, 1.807) is 24.3 Å². The highest BCUT2D eigenvalue weighted by Gasteiger charge is 2.14. The maximum absolute atomic E-state index is 13.6. The minimum Gasteiger partial charge on any atom is -0.322 e. The monoisotopic (exact) mass is 274 g/mol. The van der Waals surface area contributed by atoms with Crippen LogP contribution < -0.4 is 5.32 Å². The first-order chi connectivity index (χ1) is 9.11. The molecule has 2 aromatic carbocycles. The van der Waals surface area contributed by atoms with E-state index < -0.39 is 11.7 Å². The second-order valence-corrected chi connectivity index (χ2v) is 4.15. The maximum atomic E-state index is 13.6. The van der Waals surface area contributed by atoms with Gasteiger partial charge in [-0.15, -0.1) is 0 Å². The molecule has 0 radical (unpaired) electrons. The van der Waals surface area contributed by atoms with Gasteiger partial charge in [-0.1, -0.05) is 17.7 Å². The third-order valence-electron chi connectivity index (χ3n) is 2.47. The van der Waals surface area contributed by atoms with Crippen LogP contribution in [-0.2, 0) is 0 Å². The molecule has 0 fully saturated rings. The minimum absolute atomic E-state index is 0.104. The zero-order valence-corrected chi connectivity index (χ0v) is 10.4. The first kappa shape index (κ1) is 13.1. The van der Waals surface area contributed by atoms with E-state index in [1.807, 2.05) is 6.07 Å². The molecule has 0 unspecified atom stereocenters. The molecular formula is C14H8ClFN2O. The van der Waals surface area contributed by atoms with Crippen molar-refractivity contribution in [3.8, 4) is 6.07 Å². The Bertz CT molecular complexity index is 662. The summed E-state index contributed by atoms with van der Waals surface area (Å²) >= 11 is 5.61. The smallest absolute Gasteiger partial charge is 0.258 e. The average Bonchev–Trinajstić information content (AvgIpc) is 2.42. The Morgan fingerprint density at radius 3 is 2.53 bits per heavy atom. The summed E-state index contributed by atoms with van der Waals surface area (Å²) in [5, 5.41) is 11.1. The van der Waals surface area contributed by atoms with Crippen molar-refractivity contribution in [2.24, 2.45) is 0 Å². The Morgan fingerprint density at radius 2 is 1.89 bits per heavy atom. The molecule has 0 aliphatic rings. The summed E-state index contributed by atoms with van der Waals surface area (Å²) in [6.45, 7) is 0. The predicted octanol–water partition coefficient (Wildman–Crippen LogP) is 3.60. The van der Waals surface area contributed by atoms with Gasteiger partial charge in [0.15, 0.2) is 5.82 Å². The number of halogens is 2. The minimum atomic E-state index is -0.754. The van der Waals surface area contributed by atoms with E-state index in [2.05, 4.69) is 5.32 Å². The molecule has 0 atom stereocenters. The number of hydrogen-bond donors (Lipinski definition) is 1. The van der Waals surface area contributed by atoms with Crippen LogP contribution in [0, 0.1) is 17.1 Å². The van der Waals surface area contributed by atoms with Gasteiger partial charge in [-0.3, -0.25) is 4.79 Å². The molecule has 0 saturated carbocycles. The molecule has 0 saturated heterocycles. The fourth-order valence-corrected chi connectivity index (χ4v) is 1.68. The molecule has 19 heavy (non-hydrogen) atoms. The Morgan fingerprint density at radius 1 is 1.21 bits per heavy atom. The molecule has 3 nitrogen and oxygen atoms in total. The van der Waals surface area contributed by atoms with Crippen LogP contribution in [0.25, 0.3) is 0 Å². The van der Waals surface area contributed by atoms with E-state index in [9.17, 15) is 9.18 Å². The lowest BCUT2D eigenvalue weighted by Crippen LogP contribution is -2.13. The highest BCUT2D eigenvalue weighted by Crippen LogP contribution is 2.19. The van der Waals surface area contributed by atoms with Gasteiger partial charge in [-0.2, -0.15) is 5.26 Å². The summed E-state index contributed by atoms with van der Waals surface area (Å²) in [6.07, 6.45) is 0. The summed E-state index contributed by atoms with van der Waals surface area (Å²) in [6, 6.07) is 12.4. The van der Waals surface area contributed by atoms with Gasteiger partial charge < -0.3 is 5.32 Å². The Labute approximate surface area is 114 Å². The van der Waals surface area contributed by atoms with Gasteiger partial charge in [0.05, 0.1) is 22.2 Å². The van der Waals surface area contributed by atoms with Crippen molar-refractivity contribution in [2.75, 3.05) is 5.32 Å². The highest BCUT2D eigenvalue weighted by atomic mass is 35.5. The number of hydrogen-bond acceptors (Lipinski definition) is 2. The van der Waals surface area contributed by atoms with E-state index in [0.29, 0.717) is 11.3 Å². The number of carbonyl (C=O) groups excluding carboxylic acids is 1. The molecule has 2 rings (SSSR count). The molecule has 0 aliphatic heterocycles. The van der Waals surface area contributed by atoms with Crippen LogP contribution in [0.2, 0.25) is 5.02 Å². The highest BCUT2D eigenvalue weighted by molar-refractivity contribution is 6.31. The summed E-state index contributed by atoms with van der Waals surface area (Å²) in [5.41, 5.74) is 0.826. The van der Waals surface area contributed by atoms with Crippen molar-refractivity contribution < 1.29 is 9.18 Å². The van der Waals surface area contributed by atoms with Gasteiger partial charge in [0.2, 0.25) is 0 Å². The van der Waals surface area contributed by atoms with Crippen molar-refractivity contribution in [3.63, 3.8) is 0 Å². The Balaban J connectivity index is 2.21. The van der Waals surface area contributed by atoms with Crippen LogP contribution in [0.3, 0.4) is 0 Å². The molecule has 0 aliphatic carbocycles. The molecular weight excluding hydrogens is 267 g/mol. The van der Waals surface area contributed by atoms with Crippen molar-refractivity contribution in [3.05, 3.63) is 64.4 Å². The topological polar surface area (TPSA) is 52.9 Å². The van der Waals surface area contributed by atoms with Crippen molar-refractivity contribution in [1.82, 2.24) is 0 Å². The number of rotatable bonds is 2. The lowest BCUT2D eigenvalue weighted by atomic mass is 10.2. The summed E-state index contributed by atoms with van der Waals surface area (Å²) in [5.74, 6) is -1.35. The third-order valence-corrected chi connectivity index (χ3v) is 2.76. The van der Waals surface area contributed by atoms with Crippen LogP contribution in [-0.4, -0.2) is 5.91 Å². The summed E-state index contributed by atoms with van der Waals surface area (Å²) in [7, 11) is 0. The second-order valence-electron chi connectivity index (χ2n) is 3.74. The fourth-order valence-electron chi connectivity index (χ4n) is 1.51. The molecule has 2 aromatic rings. The number of carbonyl (C=O) groups is 1. The van der Waals surface area contributed by atoms with Crippen LogP contribution in [0.5, 0.6) is 0 Å². The number of nitrogens with zero attached hydrogens (tertiary/aromatic N) is 1. The average molecular weight is 275 g/mol. The Kier molecular flexibility index (Phi) is 3.79. The fraction of sp³-hybridized carbons (Fsp3) is 0. The van der Waals surface area contributed by atoms with E-state index in [-0.39, 0.29) is 10.6 Å². The first-order valence-electron chi connectivity index (χ1n) is 5.37. The number of anilines is 1. The summed E-state index contributed by atoms with van der Waals surface area (Å²) < 4.78 is 13.6. The molecule has 0 spiro atoms. The molecule has 0 aromatic heterocycles. The van der Waals surface area contributed by atoms with Crippen LogP contribution >= 0.6 is 11.6 Å². The quantitative estimate of drug-likeness (QED) is 0.909. The van der Waals surface area contributed by atoms with Crippen molar-refractivity contribution >= 4 is 23.2 Å². The normalized spacial score (nSPS) is 9.74. The van der Waals surface area contributed by atoms with Gasteiger partial charge in [-0.25, -0.2) is 4.39 Å². The van der Waals surface area contributed by atoms with Crippen LogP contribution in [0.1, 0.15) is 15.9 Å². The standard InChI is InChI=1S/C14H8ClFN2O/c15-12-3-1-2-11(13(12)16)14(19)18-10-6-4-9(8-17)5-7-10/h1-7H,(H,18,19). The first-order valence-corrected chi connectivity index (χ1v) is 5.75. The van der Waals surface area contributed by atoms with Gasteiger partial charge in [-0.05, 0) is 36.4 Å². The van der Waals surface area contributed by atoms with E-state index in [1.165, 1.54) is 18.2 Å². The van der Waals surface area contributed by atoms with Crippen molar-refractivity contribution in [1.29, 1.82) is 5.26 Å². The van der Waals surface area contributed by atoms with Gasteiger partial charge >= 0.3 is 0 Å². The lowest BCUT2D eigenvalue weighted by molar-refractivity contribution is 0.102. The maximum Gasteiger partial charge on any atom is 0.258 e.